The summed E-state index contributed by atoms with van der Waals surface area (Å²) < 4.78 is 13.1. The minimum Gasteiger partial charge on any atom is -0.395 e. The Morgan fingerprint density at radius 2 is 2.07 bits per heavy atom. The van der Waals surface area contributed by atoms with Gasteiger partial charge in [0.15, 0.2) is 0 Å². The molecular weight excluding hydrogens is 183 g/mol. The molecule has 0 atom stereocenters. The number of aliphatic hydroxyl groups is 2. The molecule has 0 aromatic heterocycles. The molecule has 0 amide bonds. The fraction of sp³-hybridized carbons (Fsp3) is 0.273. The van der Waals surface area contributed by atoms with Gasteiger partial charge in [0.05, 0.1) is 13.2 Å². The summed E-state index contributed by atoms with van der Waals surface area (Å²) in [4.78, 5) is 0. The molecule has 0 spiro atoms. The number of hydrogen-bond acceptors (Lipinski definition) is 2. The van der Waals surface area contributed by atoms with Crippen LogP contribution < -0.4 is 0 Å². The highest BCUT2D eigenvalue weighted by molar-refractivity contribution is 5.36. The molecule has 0 aliphatic rings. The molecule has 1 aromatic rings. The Hall–Kier alpha value is -1.37. The lowest BCUT2D eigenvalue weighted by Gasteiger charge is -1.98. The first-order valence-corrected chi connectivity index (χ1v) is 4.27. The summed E-state index contributed by atoms with van der Waals surface area (Å²) in [5.74, 6) is 4.94. The Balaban J connectivity index is 2.82. The highest BCUT2D eigenvalue weighted by Gasteiger charge is 1.99. The van der Waals surface area contributed by atoms with Gasteiger partial charge in [-0.3, -0.25) is 0 Å². The lowest BCUT2D eigenvalue weighted by molar-refractivity contribution is 0.275. The van der Waals surface area contributed by atoms with Gasteiger partial charge >= 0.3 is 0 Å². The largest absolute Gasteiger partial charge is 0.395 e. The van der Waals surface area contributed by atoms with Crippen molar-refractivity contribution in [2.24, 2.45) is 0 Å². The van der Waals surface area contributed by atoms with Crippen LogP contribution in [0.15, 0.2) is 18.2 Å². The van der Waals surface area contributed by atoms with Gasteiger partial charge in [-0.25, -0.2) is 4.39 Å². The molecule has 3 heteroatoms. The van der Waals surface area contributed by atoms with Gasteiger partial charge in [-0.05, 0) is 12.1 Å². The van der Waals surface area contributed by atoms with Gasteiger partial charge in [-0.1, -0.05) is 17.9 Å². The van der Waals surface area contributed by atoms with Gasteiger partial charge in [0.25, 0.3) is 0 Å². The molecule has 0 saturated heterocycles. The third-order valence-corrected chi connectivity index (χ3v) is 1.69. The molecule has 0 bridgehead atoms. The van der Waals surface area contributed by atoms with Crippen LogP contribution in [0.4, 0.5) is 4.39 Å². The lowest BCUT2D eigenvalue weighted by Crippen LogP contribution is -1.90. The highest BCUT2D eigenvalue weighted by Crippen LogP contribution is 2.09. The van der Waals surface area contributed by atoms with E-state index < -0.39 is 5.82 Å². The molecule has 0 saturated carbocycles. The van der Waals surface area contributed by atoms with Crippen molar-refractivity contribution in [1.29, 1.82) is 0 Å². The van der Waals surface area contributed by atoms with Gasteiger partial charge in [0.2, 0.25) is 0 Å². The van der Waals surface area contributed by atoms with Crippen molar-refractivity contribution in [2.75, 3.05) is 6.61 Å². The van der Waals surface area contributed by atoms with Gasteiger partial charge < -0.3 is 10.2 Å². The van der Waals surface area contributed by atoms with Crippen molar-refractivity contribution < 1.29 is 14.6 Å². The normalized spacial score (nSPS) is 9.36. The highest BCUT2D eigenvalue weighted by atomic mass is 19.1. The van der Waals surface area contributed by atoms with E-state index in [4.69, 9.17) is 10.2 Å². The molecule has 0 aliphatic heterocycles. The molecule has 0 radical (unpaired) electrons. The molecular formula is C11H11FO2. The van der Waals surface area contributed by atoms with Crippen molar-refractivity contribution in [3.05, 3.63) is 35.1 Å². The van der Waals surface area contributed by atoms with Crippen LogP contribution in [0.5, 0.6) is 0 Å². The SMILES string of the molecule is OCCC#Cc1ccc(CO)c(F)c1. The Labute approximate surface area is 82.0 Å². The monoisotopic (exact) mass is 194 g/mol. The molecule has 1 aromatic carbocycles. The van der Waals surface area contributed by atoms with Crippen LogP contribution in [0.25, 0.3) is 0 Å². The molecule has 74 valence electrons. The Morgan fingerprint density at radius 3 is 2.64 bits per heavy atom. The first-order valence-electron chi connectivity index (χ1n) is 4.27. The third kappa shape index (κ3) is 2.84. The van der Waals surface area contributed by atoms with E-state index in [2.05, 4.69) is 11.8 Å². The van der Waals surface area contributed by atoms with E-state index in [1.807, 2.05) is 0 Å². The summed E-state index contributed by atoms with van der Waals surface area (Å²) in [6, 6.07) is 4.41. The first-order chi connectivity index (χ1) is 6.77. The van der Waals surface area contributed by atoms with Crippen LogP contribution in [-0.2, 0) is 6.61 Å². The lowest BCUT2D eigenvalue weighted by atomic mass is 10.1. The van der Waals surface area contributed by atoms with E-state index >= 15 is 0 Å². The van der Waals surface area contributed by atoms with Crippen LogP contribution >= 0.6 is 0 Å². The minimum atomic E-state index is -0.455. The maximum Gasteiger partial charge on any atom is 0.129 e. The van der Waals surface area contributed by atoms with E-state index in [9.17, 15) is 4.39 Å². The fourth-order valence-electron chi connectivity index (χ4n) is 0.974. The predicted molar refractivity (Wildman–Crippen MR) is 50.9 cm³/mol. The summed E-state index contributed by atoms with van der Waals surface area (Å²) in [5, 5.41) is 17.2. The average molecular weight is 194 g/mol. The summed E-state index contributed by atoms with van der Waals surface area (Å²) in [7, 11) is 0. The number of rotatable bonds is 2. The van der Waals surface area contributed by atoms with Crippen LogP contribution in [-0.4, -0.2) is 16.8 Å². The van der Waals surface area contributed by atoms with Crippen molar-refractivity contribution in [3.63, 3.8) is 0 Å². The average Bonchev–Trinajstić information content (AvgIpc) is 2.18. The predicted octanol–water partition coefficient (Wildman–Crippen LogP) is 1.05. The van der Waals surface area contributed by atoms with E-state index in [-0.39, 0.29) is 18.8 Å². The number of hydrogen-bond donors (Lipinski definition) is 2. The van der Waals surface area contributed by atoms with Crippen LogP contribution in [0.3, 0.4) is 0 Å². The standard InChI is InChI=1S/C11H11FO2/c12-11-7-9(3-1-2-6-13)4-5-10(11)8-14/h4-5,7,13-14H,2,6,8H2. The molecule has 0 heterocycles. The van der Waals surface area contributed by atoms with Crippen molar-refractivity contribution in [3.8, 4) is 11.8 Å². The summed E-state index contributed by atoms with van der Waals surface area (Å²) in [6.45, 7) is -0.305. The maximum absolute atomic E-state index is 13.1. The van der Waals surface area contributed by atoms with E-state index in [1.165, 1.54) is 12.1 Å². The van der Waals surface area contributed by atoms with Crippen molar-refractivity contribution >= 4 is 0 Å². The third-order valence-electron chi connectivity index (χ3n) is 1.69. The van der Waals surface area contributed by atoms with Gasteiger partial charge in [-0.2, -0.15) is 0 Å². The molecule has 1 rings (SSSR count). The Morgan fingerprint density at radius 1 is 1.29 bits per heavy atom. The van der Waals surface area contributed by atoms with E-state index in [0.29, 0.717) is 12.0 Å². The zero-order valence-electron chi connectivity index (χ0n) is 7.63. The first kappa shape index (κ1) is 10.7. The summed E-state index contributed by atoms with van der Waals surface area (Å²) in [5.41, 5.74) is 0.811. The van der Waals surface area contributed by atoms with E-state index in [0.717, 1.165) is 0 Å². The molecule has 0 fully saturated rings. The Kier molecular flexibility index (Phi) is 4.11. The Bertz CT molecular complexity index is 363. The molecule has 0 unspecified atom stereocenters. The molecule has 14 heavy (non-hydrogen) atoms. The topological polar surface area (TPSA) is 40.5 Å². The zero-order chi connectivity index (χ0) is 10.4. The maximum atomic E-state index is 13.1. The summed E-state index contributed by atoms with van der Waals surface area (Å²) in [6.07, 6.45) is 0.378. The van der Waals surface area contributed by atoms with Crippen LogP contribution in [0.1, 0.15) is 17.5 Å². The van der Waals surface area contributed by atoms with Crippen LogP contribution in [0.2, 0.25) is 0 Å². The zero-order valence-corrected chi connectivity index (χ0v) is 7.63. The second kappa shape index (κ2) is 5.38. The number of aliphatic hydroxyl groups excluding tert-OH is 2. The van der Waals surface area contributed by atoms with Gasteiger partial charge in [-0.15, -0.1) is 0 Å². The second-order valence-corrected chi connectivity index (χ2v) is 2.74. The van der Waals surface area contributed by atoms with Crippen molar-refractivity contribution in [1.82, 2.24) is 0 Å². The smallest absolute Gasteiger partial charge is 0.129 e. The molecule has 2 N–H and O–H groups in total. The fourth-order valence-corrected chi connectivity index (χ4v) is 0.974. The summed E-state index contributed by atoms with van der Waals surface area (Å²) >= 11 is 0. The van der Waals surface area contributed by atoms with Gasteiger partial charge in [0, 0.05) is 17.5 Å². The van der Waals surface area contributed by atoms with Crippen molar-refractivity contribution in [2.45, 2.75) is 13.0 Å². The number of halogens is 1. The second-order valence-electron chi connectivity index (χ2n) is 2.74. The number of benzene rings is 1. The minimum absolute atomic E-state index is 0.00417. The molecule has 0 aliphatic carbocycles. The quantitative estimate of drug-likeness (QED) is 0.691. The van der Waals surface area contributed by atoms with Gasteiger partial charge in [0.1, 0.15) is 5.82 Å². The van der Waals surface area contributed by atoms with Crippen LogP contribution in [0, 0.1) is 17.7 Å². The molecule has 2 nitrogen and oxygen atoms in total. The van der Waals surface area contributed by atoms with E-state index in [1.54, 1.807) is 6.07 Å².